The molecule has 0 amide bonds. The van der Waals surface area contributed by atoms with E-state index >= 15 is 0 Å². The molecule has 0 N–H and O–H groups in total. The Labute approximate surface area is 304 Å². The molecule has 246 valence electrons. The van der Waals surface area contributed by atoms with Gasteiger partial charge in [-0.15, -0.1) is 0 Å². The number of aromatic nitrogens is 3. The van der Waals surface area contributed by atoms with Crippen molar-refractivity contribution in [3.05, 3.63) is 176 Å². The molecule has 0 saturated carbocycles. The summed E-state index contributed by atoms with van der Waals surface area (Å²) < 4.78 is 6.33. The minimum Gasteiger partial charge on any atom is -0.456 e. The molecule has 11 rings (SSSR count). The standard InChI is InChI=1S/C49H29N3O/c1-3-11-32(12-4-1)47-50-48(33-13-5-2-6-14-33)52-49(51-47)40-27-26-36(38-15-7-8-16-39(38)40)34-23-25-37-35(29-34)22-21-30-19-20-31-24-28-43-46(45(31)44(30)37)41-17-9-10-18-42(41)53-43/h1-29H. The van der Waals surface area contributed by atoms with Crippen LogP contribution in [-0.4, -0.2) is 15.0 Å². The van der Waals surface area contributed by atoms with E-state index < -0.39 is 0 Å². The first-order chi connectivity index (χ1) is 26.3. The van der Waals surface area contributed by atoms with Crippen LogP contribution in [-0.2, 0) is 0 Å². The molecule has 0 aliphatic rings. The van der Waals surface area contributed by atoms with Crippen molar-refractivity contribution in [2.45, 2.75) is 0 Å². The summed E-state index contributed by atoms with van der Waals surface area (Å²) in [5.74, 6) is 1.95. The van der Waals surface area contributed by atoms with E-state index in [1.54, 1.807) is 0 Å². The largest absolute Gasteiger partial charge is 0.456 e. The van der Waals surface area contributed by atoms with Crippen LogP contribution in [0, 0.1) is 0 Å². The Hall–Kier alpha value is -7.17. The molecule has 0 bridgehead atoms. The Kier molecular flexibility index (Phi) is 6.52. The molecule has 0 unspecified atom stereocenters. The van der Waals surface area contributed by atoms with Crippen molar-refractivity contribution >= 4 is 65.0 Å². The van der Waals surface area contributed by atoms with Crippen molar-refractivity contribution in [1.82, 2.24) is 15.0 Å². The Balaban J connectivity index is 1.10. The molecular formula is C49H29N3O. The highest BCUT2D eigenvalue weighted by Gasteiger charge is 2.18. The van der Waals surface area contributed by atoms with Gasteiger partial charge in [0.15, 0.2) is 17.5 Å². The van der Waals surface area contributed by atoms with Gasteiger partial charge in [0.25, 0.3) is 0 Å². The maximum atomic E-state index is 6.33. The summed E-state index contributed by atoms with van der Waals surface area (Å²) in [5.41, 5.74) is 7.01. The normalized spacial score (nSPS) is 11.8. The van der Waals surface area contributed by atoms with E-state index in [1.807, 2.05) is 66.7 Å². The molecule has 0 fully saturated rings. The van der Waals surface area contributed by atoms with Crippen molar-refractivity contribution in [3.8, 4) is 45.3 Å². The van der Waals surface area contributed by atoms with E-state index in [1.165, 1.54) is 37.7 Å². The van der Waals surface area contributed by atoms with Crippen molar-refractivity contribution in [1.29, 1.82) is 0 Å². The highest BCUT2D eigenvalue weighted by atomic mass is 16.3. The topological polar surface area (TPSA) is 51.8 Å². The lowest BCUT2D eigenvalue weighted by Gasteiger charge is -2.14. The zero-order valence-corrected chi connectivity index (χ0v) is 28.5. The van der Waals surface area contributed by atoms with Crippen LogP contribution in [0.2, 0.25) is 0 Å². The molecule has 2 heterocycles. The van der Waals surface area contributed by atoms with Crippen LogP contribution >= 0.6 is 0 Å². The van der Waals surface area contributed by atoms with Crippen LogP contribution in [0.5, 0.6) is 0 Å². The first-order valence-corrected chi connectivity index (χ1v) is 17.9. The number of nitrogens with zero attached hydrogens (tertiary/aromatic N) is 3. The summed E-state index contributed by atoms with van der Waals surface area (Å²) >= 11 is 0. The summed E-state index contributed by atoms with van der Waals surface area (Å²) in [7, 11) is 0. The monoisotopic (exact) mass is 675 g/mol. The van der Waals surface area contributed by atoms with Crippen molar-refractivity contribution < 1.29 is 4.42 Å². The fourth-order valence-electron chi connectivity index (χ4n) is 8.03. The molecule has 0 spiro atoms. The third-order valence-corrected chi connectivity index (χ3v) is 10.5. The van der Waals surface area contributed by atoms with Crippen LogP contribution in [0.15, 0.2) is 180 Å². The second-order valence-corrected chi connectivity index (χ2v) is 13.5. The number of fused-ring (bicyclic) bond motifs is 10. The number of furan rings is 1. The van der Waals surface area contributed by atoms with Crippen LogP contribution in [0.4, 0.5) is 0 Å². The van der Waals surface area contributed by atoms with E-state index in [-0.39, 0.29) is 0 Å². The Morgan fingerprint density at radius 1 is 0.302 bits per heavy atom. The fourth-order valence-corrected chi connectivity index (χ4v) is 8.03. The van der Waals surface area contributed by atoms with Crippen LogP contribution in [0.25, 0.3) is 110 Å². The van der Waals surface area contributed by atoms with Crippen molar-refractivity contribution in [2.75, 3.05) is 0 Å². The molecule has 4 heteroatoms. The smallest absolute Gasteiger partial charge is 0.164 e. The Morgan fingerprint density at radius 3 is 1.57 bits per heavy atom. The van der Waals surface area contributed by atoms with Crippen molar-refractivity contribution in [3.63, 3.8) is 0 Å². The predicted octanol–water partition coefficient (Wildman–Crippen LogP) is 13.1. The summed E-state index contributed by atoms with van der Waals surface area (Å²) in [5, 5.41) is 11.9. The third kappa shape index (κ3) is 4.73. The van der Waals surface area contributed by atoms with E-state index in [4.69, 9.17) is 19.4 Å². The number of para-hydroxylation sites is 1. The molecule has 2 aromatic heterocycles. The van der Waals surface area contributed by atoms with Gasteiger partial charge in [-0.25, -0.2) is 15.0 Å². The second-order valence-electron chi connectivity index (χ2n) is 13.5. The van der Waals surface area contributed by atoms with E-state index in [0.29, 0.717) is 17.5 Å². The first kappa shape index (κ1) is 29.5. The zero-order valence-electron chi connectivity index (χ0n) is 28.5. The van der Waals surface area contributed by atoms with E-state index in [9.17, 15) is 0 Å². The summed E-state index contributed by atoms with van der Waals surface area (Å²) in [4.78, 5) is 15.0. The van der Waals surface area contributed by atoms with Gasteiger partial charge >= 0.3 is 0 Å². The van der Waals surface area contributed by atoms with Gasteiger partial charge in [-0.3, -0.25) is 0 Å². The molecular weight excluding hydrogens is 647 g/mol. The average molecular weight is 676 g/mol. The molecule has 4 nitrogen and oxygen atoms in total. The summed E-state index contributed by atoms with van der Waals surface area (Å²) in [6.07, 6.45) is 0. The summed E-state index contributed by atoms with van der Waals surface area (Å²) in [6.45, 7) is 0. The first-order valence-electron chi connectivity index (χ1n) is 17.9. The molecule has 0 radical (unpaired) electrons. The van der Waals surface area contributed by atoms with Gasteiger partial charge in [0.05, 0.1) is 0 Å². The second kappa shape index (κ2) is 11.7. The van der Waals surface area contributed by atoms with Gasteiger partial charge in [-0.05, 0) is 73.1 Å². The minimum absolute atomic E-state index is 0.649. The maximum Gasteiger partial charge on any atom is 0.164 e. The molecule has 11 aromatic rings. The van der Waals surface area contributed by atoms with E-state index in [0.717, 1.165) is 55.1 Å². The average Bonchev–Trinajstić information content (AvgIpc) is 3.62. The highest BCUT2D eigenvalue weighted by molar-refractivity contribution is 6.31. The molecule has 9 aromatic carbocycles. The Morgan fingerprint density at radius 2 is 0.849 bits per heavy atom. The summed E-state index contributed by atoms with van der Waals surface area (Å²) in [6, 6.07) is 61.6. The maximum absolute atomic E-state index is 6.33. The van der Waals surface area contributed by atoms with Gasteiger partial charge in [0.1, 0.15) is 11.2 Å². The zero-order chi connectivity index (χ0) is 34.9. The van der Waals surface area contributed by atoms with Crippen LogP contribution < -0.4 is 0 Å². The molecule has 0 saturated heterocycles. The predicted molar refractivity (Wildman–Crippen MR) is 219 cm³/mol. The number of hydrogen-bond acceptors (Lipinski definition) is 4. The van der Waals surface area contributed by atoms with Crippen molar-refractivity contribution in [2.24, 2.45) is 0 Å². The lowest BCUT2D eigenvalue weighted by atomic mass is 9.90. The van der Waals surface area contributed by atoms with E-state index in [2.05, 4.69) is 109 Å². The number of hydrogen-bond donors (Lipinski definition) is 0. The van der Waals surface area contributed by atoms with Crippen LogP contribution in [0.3, 0.4) is 0 Å². The molecule has 0 atom stereocenters. The molecule has 0 aliphatic carbocycles. The molecule has 0 aliphatic heterocycles. The van der Waals surface area contributed by atoms with Crippen LogP contribution in [0.1, 0.15) is 0 Å². The van der Waals surface area contributed by atoms with Gasteiger partial charge in [-0.2, -0.15) is 0 Å². The van der Waals surface area contributed by atoms with Gasteiger partial charge in [0.2, 0.25) is 0 Å². The SMILES string of the molecule is c1ccc(-c2nc(-c3ccccc3)nc(-c3ccc(-c4ccc5c(ccc6ccc7ccc8oc9ccccc9c8c7c65)c4)c4ccccc34)n2)cc1. The van der Waals surface area contributed by atoms with Gasteiger partial charge in [-0.1, -0.05) is 152 Å². The highest BCUT2D eigenvalue weighted by Crippen LogP contribution is 2.42. The number of benzene rings is 9. The quantitative estimate of drug-likeness (QED) is 0.174. The molecule has 53 heavy (non-hydrogen) atoms. The Bertz CT molecular complexity index is 3160. The number of rotatable bonds is 4. The van der Waals surface area contributed by atoms with Gasteiger partial charge in [0, 0.05) is 32.8 Å². The van der Waals surface area contributed by atoms with Gasteiger partial charge < -0.3 is 4.42 Å². The lowest BCUT2D eigenvalue weighted by molar-refractivity contribution is 0.669. The fraction of sp³-hybridized carbons (Fsp3) is 0. The third-order valence-electron chi connectivity index (χ3n) is 10.5. The lowest BCUT2D eigenvalue weighted by Crippen LogP contribution is -2.00. The minimum atomic E-state index is 0.649.